The molecule has 0 fully saturated rings. The van der Waals surface area contributed by atoms with Gasteiger partial charge in [-0.05, 0) is 23.1 Å². The number of hydrogen-bond acceptors (Lipinski definition) is 7. The minimum absolute atomic E-state index is 0.306. The highest BCUT2D eigenvalue weighted by atomic mass is 32.2. The summed E-state index contributed by atoms with van der Waals surface area (Å²) in [6, 6.07) is 19.8. The Morgan fingerprint density at radius 2 is 1.79 bits per heavy atom. The number of anilines is 1. The molecule has 29 heavy (non-hydrogen) atoms. The molecule has 3 rings (SSSR count). The molecule has 0 spiro atoms. The van der Waals surface area contributed by atoms with Crippen molar-refractivity contribution in [1.82, 2.24) is 15.3 Å². The predicted octanol–water partition coefficient (Wildman–Crippen LogP) is 3.08. The zero-order valence-electron chi connectivity index (χ0n) is 15.9. The van der Waals surface area contributed by atoms with Gasteiger partial charge in [0, 0.05) is 23.9 Å². The Balaban J connectivity index is 1.52. The standard InChI is InChI=1S/C21H23N7S/c1-15(24-12-16-7-9-18(10-8-16)21(22)27-23)19-11-20(26-14-25-19)28-29-13-17-5-3-2-4-6-17/h2-11,14,24H,1,12-13,23H2,(H2,22,27)(H,25,26,28). The molecule has 1 aromatic heterocycles. The summed E-state index contributed by atoms with van der Waals surface area (Å²) in [6.07, 6.45) is 1.53. The molecule has 0 unspecified atom stereocenters. The number of nitrogens with two attached hydrogens (primary N) is 2. The van der Waals surface area contributed by atoms with Crippen LogP contribution in [-0.4, -0.2) is 15.8 Å². The van der Waals surface area contributed by atoms with Crippen LogP contribution in [0.4, 0.5) is 5.82 Å². The Kier molecular flexibility index (Phi) is 7.07. The number of hydrogen-bond donors (Lipinski definition) is 4. The third-order valence-electron chi connectivity index (χ3n) is 4.13. The van der Waals surface area contributed by atoms with E-state index >= 15 is 0 Å². The van der Waals surface area contributed by atoms with Crippen LogP contribution in [0.2, 0.25) is 0 Å². The summed E-state index contributed by atoms with van der Waals surface area (Å²) in [5.74, 6) is 7.08. The van der Waals surface area contributed by atoms with Gasteiger partial charge in [0.05, 0.1) is 11.4 Å². The SMILES string of the molecule is C=C(NCc1ccc(/C(N)=N/N)cc1)c1cc(NSCc2ccccc2)ncn1. The minimum Gasteiger partial charge on any atom is -0.382 e. The van der Waals surface area contributed by atoms with Gasteiger partial charge in [-0.25, -0.2) is 9.97 Å². The number of aromatic nitrogens is 2. The quantitative estimate of drug-likeness (QED) is 0.142. The van der Waals surface area contributed by atoms with E-state index in [9.17, 15) is 0 Å². The first kappa shape index (κ1) is 20.2. The first-order valence-electron chi connectivity index (χ1n) is 8.95. The van der Waals surface area contributed by atoms with Gasteiger partial charge in [-0.2, -0.15) is 5.10 Å². The minimum atomic E-state index is 0.306. The maximum Gasteiger partial charge on any atom is 0.150 e. The Hall–Kier alpha value is -3.52. The lowest BCUT2D eigenvalue weighted by atomic mass is 10.1. The molecule has 0 aliphatic heterocycles. The Morgan fingerprint density at radius 3 is 2.52 bits per heavy atom. The van der Waals surface area contributed by atoms with Gasteiger partial charge in [0.15, 0.2) is 0 Å². The fourth-order valence-corrected chi connectivity index (χ4v) is 3.20. The van der Waals surface area contributed by atoms with Crippen LogP contribution >= 0.6 is 11.9 Å². The molecule has 0 atom stereocenters. The van der Waals surface area contributed by atoms with Gasteiger partial charge in [0.2, 0.25) is 0 Å². The van der Waals surface area contributed by atoms with Crippen LogP contribution in [0.15, 0.2) is 78.7 Å². The van der Waals surface area contributed by atoms with Crippen LogP contribution in [0.5, 0.6) is 0 Å². The van der Waals surface area contributed by atoms with Crippen molar-refractivity contribution in [3.05, 3.63) is 96.0 Å². The van der Waals surface area contributed by atoms with Gasteiger partial charge >= 0.3 is 0 Å². The molecule has 0 amide bonds. The first-order chi connectivity index (χ1) is 14.2. The van der Waals surface area contributed by atoms with Gasteiger partial charge in [0.1, 0.15) is 18.0 Å². The van der Waals surface area contributed by atoms with Crippen LogP contribution in [0.3, 0.4) is 0 Å². The summed E-state index contributed by atoms with van der Waals surface area (Å²) in [7, 11) is 0. The Labute approximate surface area is 174 Å². The largest absolute Gasteiger partial charge is 0.382 e. The molecule has 1 heterocycles. The molecular weight excluding hydrogens is 382 g/mol. The van der Waals surface area contributed by atoms with Crippen molar-refractivity contribution in [3.63, 3.8) is 0 Å². The second kappa shape index (κ2) is 10.1. The van der Waals surface area contributed by atoms with E-state index in [1.807, 2.05) is 48.5 Å². The van der Waals surface area contributed by atoms with Crippen LogP contribution in [0.25, 0.3) is 5.70 Å². The molecule has 8 heteroatoms. The van der Waals surface area contributed by atoms with Crippen LogP contribution < -0.4 is 21.6 Å². The normalized spacial score (nSPS) is 11.1. The maximum atomic E-state index is 5.70. The summed E-state index contributed by atoms with van der Waals surface area (Å²) >= 11 is 1.58. The third kappa shape index (κ3) is 5.98. The van der Waals surface area contributed by atoms with Gasteiger partial charge in [-0.3, -0.25) is 0 Å². The number of benzene rings is 2. The number of nitrogens with one attached hydrogen (secondary N) is 2. The first-order valence-corrected chi connectivity index (χ1v) is 9.94. The van der Waals surface area contributed by atoms with Crippen molar-refractivity contribution in [3.8, 4) is 0 Å². The Bertz CT molecular complexity index is 972. The number of nitrogens with zero attached hydrogens (tertiary/aromatic N) is 3. The zero-order valence-corrected chi connectivity index (χ0v) is 16.7. The van der Waals surface area contributed by atoms with Crippen LogP contribution in [-0.2, 0) is 12.3 Å². The lowest BCUT2D eigenvalue weighted by Crippen LogP contribution is -2.16. The average Bonchev–Trinajstić information content (AvgIpc) is 2.78. The highest BCUT2D eigenvalue weighted by molar-refractivity contribution is 7.99. The third-order valence-corrected chi connectivity index (χ3v) is 4.96. The van der Waals surface area contributed by atoms with Crippen molar-refractivity contribution >= 4 is 29.3 Å². The lowest BCUT2D eigenvalue weighted by molar-refractivity contribution is 0.883. The molecule has 0 radical (unpaired) electrons. The monoisotopic (exact) mass is 405 g/mol. The van der Waals surface area contributed by atoms with E-state index in [4.69, 9.17) is 11.6 Å². The summed E-state index contributed by atoms with van der Waals surface area (Å²) in [4.78, 5) is 8.56. The van der Waals surface area contributed by atoms with E-state index in [-0.39, 0.29) is 0 Å². The van der Waals surface area contributed by atoms with Gasteiger partial charge < -0.3 is 21.6 Å². The topological polar surface area (TPSA) is 114 Å². The van der Waals surface area contributed by atoms with E-state index in [1.165, 1.54) is 11.9 Å². The van der Waals surface area contributed by atoms with Crippen LogP contribution in [0, 0.1) is 0 Å². The maximum absolute atomic E-state index is 5.70. The van der Waals surface area contributed by atoms with Crippen molar-refractivity contribution in [2.75, 3.05) is 4.72 Å². The second-order valence-corrected chi connectivity index (χ2v) is 6.99. The van der Waals surface area contributed by atoms with Gasteiger partial charge in [-0.15, -0.1) is 0 Å². The van der Waals surface area contributed by atoms with Crippen LogP contribution in [0.1, 0.15) is 22.4 Å². The van der Waals surface area contributed by atoms with E-state index in [0.29, 0.717) is 12.4 Å². The van der Waals surface area contributed by atoms with E-state index in [2.05, 4.69) is 43.8 Å². The molecule has 2 aromatic carbocycles. The van der Waals surface area contributed by atoms with Crippen molar-refractivity contribution in [2.24, 2.45) is 16.7 Å². The van der Waals surface area contributed by atoms with Gasteiger partial charge in [0.25, 0.3) is 0 Å². The molecule has 0 saturated heterocycles. The number of amidine groups is 1. The molecule has 148 valence electrons. The summed E-state index contributed by atoms with van der Waals surface area (Å²) < 4.78 is 3.25. The highest BCUT2D eigenvalue weighted by Crippen LogP contribution is 2.17. The Morgan fingerprint density at radius 1 is 1.03 bits per heavy atom. The molecule has 0 bridgehead atoms. The summed E-state index contributed by atoms with van der Waals surface area (Å²) in [5.41, 5.74) is 10.3. The molecule has 6 N–H and O–H groups in total. The second-order valence-electron chi connectivity index (χ2n) is 6.21. The predicted molar refractivity (Wildman–Crippen MR) is 121 cm³/mol. The molecular formula is C21H23N7S. The number of hydrazone groups is 1. The van der Waals surface area contributed by atoms with E-state index in [1.54, 1.807) is 11.9 Å². The van der Waals surface area contributed by atoms with E-state index < -0.39 is 0 Å². The molecule has 7 nitrogen and oxygen atoms in total. The van der Waals surface area contributed by atoms with E-state index in [0.717, 1.165) is 34.1 Å². The lowest BCUT2D eigenvalue weighted by Gasteiger charge is -2.11. The zero-order chi connectivity index (χ0) is 20.5. The summed E-state index contributed by atoms with van der Waals surface area (Å²) in [5, 5.41) is 6.77. The molecule has 0 aliphatic carbocycles. The molecule has 0 aliphatic rings. The highest BCUT2D eigenvalue weighted by Gasteiger charge is 2.04. The van der Waals surface area contributed by atoms with Crippen molar-refractivity contribution in [2.45, 2.75) is 12.3 Å². The fraction of sp³-hybridized carbons (Fsp3) is 0.0952. The van der Waals surface area contributed by atoms with Crippen molar-refractivity contribution < 1.29 is 0 Å². The average molecular weight is 406 g/mol. The smallest absolute Gasteiger partial charge is 0.150 e. The summed E-state index contributed by atoms with van der Waals surface area (Å²) in [6.45, 7) is 4.68. The number of rotatable bonds is 9. The van der Waals surface area contributed by atoms with Gasteiger partial charge in [-0.1, -0.05) is 61.2 Å². The fourth-order valence-electron chi connectivity index (χ4n) is 2.51. The molecule has 0 saturated carbocycles. The molecule has 3 aromatic rings. The van der Waals surface area contributed by atoms with Crippen molar-refractivity contribution in [1.29, 1.82) is 0 Å².